The molecule has 19 heavy (non-hydrogen) atoms. The Bertz CT molecular complexity index is 575. The van der Waals surface area contributed by atoms with Crippen LogP contribution in [-0.2, 0) is 0 Å². The predicted molar refractivity (Wildman–Crippen MR) is 72.5 cm³/mol. The molecule has 0 aliphatic heterocycles. The number of rotatable bonds is 2. The number of nitrogens with one attached hydrogen (secondary N) is 1. The fourth-order valence-corrected chi connectivity index (χ4v) is 1.58. The Kier molecular flexibility index (Phi) is 3.55. The van der Waals surface area contributed by atoms with Gasteiger partial charge in [0.2, 0.25) is 0 Å². The molecule has 2 heterocycles. The average molecular weight is 256 g/mol. The molecule has 0 saturated carbocycles. The molecular weight excluding hydrogens is 240 g/mol. The molecule has 2 rings (SSSR count). The number of nitrogens with zero attached hydrogens (tertiary/aromatic N) is 3. The summed E-state index contributed by atoms with van der Waals surface area (Å²) in [6.45, 7) is 5.81. The summed E-state index contributed by atoms with van der Waals surface area (Å²) in [4.78, 5) is 24.1. The van der Waals surface area contributed by atoms with Gasteiger partial charge in [0.05, 0.1) is 5.56 Å². The molecule has 0 saturated heterocycles. The van der Waals surface area contributed by atoms with Gasteiger partial charge < -0.3 is 5.32 Å². The van der Waals surface area contributed by atoms with Crippen molar-refractivity contribution in [3.63, 3.8) is 0 Å². The van der Waals surface area contributed by atoms with Gasteiger partial charge in [-0.05, 0) is 26.8 Å². The van der Waals surface area contributed by atoms with Crippen LogP contribution in [0.25, 0.3) is 11.1 Å². The van der Waals surface area contributed by atoms with Crippen molar-refractivity contribution in [2.75, 3.05) is 0 Å². The summed E-state index contributed by atoms with van der Waals surface area (Å²) < 4.78 is 0. The van der Waals surface area contributed by atoms with E-state index in [9.17, 15) is 4.79 Å². The number of amides is 1. The molecule has 0 aliphatic rings. The molecule has 1 amide bonds. The summed E-state index contributed by atoms with van der Waals surface area (Å²) in [6.07, 6.45) is 8.08. The third-order valence-corrected chi connectivity index (χ3v) is 2.38. The lowest BCUT2D eigenvalue weighted by molar-refractivity contribution is 0.0919. The Morgan fingerprint density at radius 2 is 1.63 bits per heavy atom. The largest absolute Gasteiger partial charge is 0.347 e. The van der Waals surface area contributed by atoms with E-state index in [-0.39, 0.29) is 11.4 Å². The van der Waals surface area contributed by atoms with E-state index >= 15 is 0 Å². The molecular formula is C14H16N4O. The first-order chi connectivity index (χ1) is 8.96. The summed E-state index contributed by atoms with van der Waals surface area (Å²) in [5.74, 6) is -0.140. The van der Waals surface area contributed by atoms with E-state index in [0.29, 0.717) is 5.56 Å². The highest BCUT2D eigenvalue weighted by atomic mass is 16.1. The Hall–Kier alpha value is -2.30. The lowest BCUT2D eigenvalue weighted by Gasteiger charge is -2.20. The quantitative estimate of drug-likeness (QED) is 0.893. The van der Waals surface area contributed by atoms with Crippen molar-refractivity contribution >= 4 is 5.91 Å². The van der Waals surface area contributed by atoms with E-state index < -0.39 is 0 Å². The van der Waals surface area contributed by atoms with Crippen LogP contribution in [0.1, 0.15) is 31.1 Å². The summed E-state index contributed by atoms with van der Waals surface area (Å²) in [5.41, 5.74) is 1.90. The van der Waals surface area contributed by atoms with Crippen LogP contribution in [0, 0.1) is 0 Å². The van der Waals surface area contributed by atoms with Gasteiger partial charge in [0.25, 0.3) is 5.91 Å². The maximum atomic E-state index is 12.1. The highest BCUT2D eigenvalue weighted by molar-refractivity contribution is 5.95. The first kappa shape index (κ1) is 13.1. The van der Waals surface area contributed by atoms with Gasteiger partial charge in [-0.1, -0.05) is 0 Å². The van der Waals surface area contributed by atoms with Gasteiger partial charge in [-0.15, -0.1) is 0 Å². The second-order valence-corrected chi connectivity index (χ2v) is 5.29. The molecule has 0 radical (unpaired) electrons. The van der Waals surface area contributed by atoms with Gasteiger partial charge in [0.1, 0.15) is 6.33 Å². The van der Waals surface area contributed by atoms with Crippen molar-refractivity contribution in [2.24, 2.45) is 0 Å². The van der Waals surface area contributed by atoms with Crippen molar-refractivity contribution in [1.82, 2.24) is 20.3 Å². The van der Waals surface area contributed by atoms with E-state index in [1.54, 1.807) is 30.9 Å². The topological polar surface area (TPSA) is 67.8 Å². The SMILES string of the molecule is CC(C)(C)NC(=O)c1cncc(-c2cncnc2)c1. The molecule has 0 spiro atoms. The van der Waals surface area contributed by atoms with Crippen LogP contribution in [0.5, 0.6) is 0 Å². The highest BCUT2D eigenvalue weighted by Crippen LogP contribution is 2.17. The molecule has 0 aliphatic carbocycles. The Morgan fingerprint density at radius 3 is 2.26 bits per heavy atom. The van der Waals surface area contributed by atoms with Crippen LogP contribution >= 0.6 is 0 Å². The fourth-order valence-electron chi connectivity index (χ4n) is 1.58. The van der Waals surface area contributed by atoms with Crippen LogP contribution in [0.2, 0.25) is 0 Å². The zero-order chi connectivity index (χ0) is 13.9. The molecule has 0 bridgehead atoms. The minimum Gasteiger partial charge on any atom is -0.347 e. The van der Waals surface area contributed by atoms with Crippen LogP contribution in [0.3, 0.4) is 0 Å². The monoisotopic (exact) mass is 256 g/mol. The van der Waals surface area contributed by atoms with Crippen LogP contribution in [0.15, 0.2) is 37.2 Å². The molecule has 2 aromatic heterocycles. The van der Waals surface area contributed by atoms with Crippen LogP contribution in [0.4, 0.5) is 0 Å². The predicted octanol–water partition coefficient (Wildman–Crippen LogP) is 2.07. The third-order valence-electron chi connectivity index (χ3n) is 2.38. The van der Waals surface area contributed by atoms with Crippen molar-refractivity contribution in [3.8, 4) is 11.1 Å². The third kappa shape index (κ3) is 3.58. The van der Waals surface area contributed by atoms with Crippen molar-refractivity contribution in [3.05, 3.63) is 42.7 Å². The van der Waals surface area contributed by atoms with Crippen molar-refractivity contribution in [2.45, 2.75) is 26.3 Å². The first-order valence-electron chi connectivity index (χ1n) is 5.99. The van der Waals surface area contributed by atoms with Crippen molar-refractivity contribution in [1.29, 1.82) is 0 Å². The summed E-state index contributed by atoms with van der Waals surface area (Å²) in [5, 5.41) is 2.90. The number of pyridine rings is 1. The maximum Gasteiger partial charge on any atom is 0.253 e. The molecule has 0 fully saturated rings. The Labute approximate surface area is 112 Å². The number of hydrogen-bond acceptors (Lipinski definition) is 4. The smallest absolute Gasteiger partial charge is 0.253 e. The molecule has 1 N–H and O–H groups in total. The highest BCUT2D eigenvalue weighted by Gasteiger charge is 2.15. The van der Waals surface area contributed by atoms with Gasteiger partial charge >= 0.3 is 0 Å². The first-order valence-corrected chi connectivity index (χ1v) is 5.99. The summed E-state index contributed by atoms with van der Waals surface area (Å²) in [6, 6.07) is 1.78. The lowest BCUT2D eigenvalue weighted by atomic mass is 10.1. The molecule has 2 aromatic rings. The average Bonchev–Trinajstić information content (AvgIpc) is 2.38. The van der Waals surface area contributed by atoms with E-state index in [4.69, 9.17) is 0 Å². The minimum absolute atomic E-state index is 0.140. The lowest BCUT2D eigenvalue weighted by Crippen LogP contribution is -2.40. The zero-order valence-electron chi connectivity index (χ0n) is 11.2. The normalized spacial score (nSPS) is 11.1. The molecule has 98 valence electrons. The Balaban J connectivity index is 2.28. The Morgan fingerprint density at radius 1 is 1.00 bits per heavy atom. The van der Waals surface area contributed by atoms with Gasteiger partial charge in [0.15, 0.2) is 0 Å². The van der Waals surface area contributed by atoms with Gasteiger partial charge in [-0.3, -0.25) is 9.78 Å². The molecule has 0 aromatic carbocycles. The number of aromatic nitrogens is 3. The van der Waals surface area contributed by atoms with E-state index in [1.165, 1.54) is 6.33 Å². The maximum absolute atomic E-state index is 12.1. The fraction of sp³-hybridized carbons (Fsp3) is 0.286. The standard InChI is InChI=1S/C14H16N4O/c1-14(2,3)18-13(19)11-4-10(5-15-6-11)12-7-16-9-17-8-12/h4-9H,1-3H3,(H,18,19). The molecule has 5 heteroatoms. The van der Waals surface area contributed by atoms with E-state index in [2.05, 4.69) is 20.3 Å². The van der Waals surface area contributed by atoms with Gasteiger partial charge in [-0.25, -0.2) is 9.97 Å². The van der Waals surface area contributed by atoms with Gasteiger partial charge in [0, 0.05) is 41.5 Å². The van der Waals surface area contributed by atoms with E-state index in [1.807, 2.05) is 20.8 Å². The summed E-state index contributed by atoms with van der Waals surface area (Å²) >= 11 is 0. The van der Waals surface area contributed by atoms with Crippen molar-refractivity contribution < 1.29 is 4.79 Å². The molecule has 0 unspecified atom stereocenters. The molecule has 5 nitrogen and oxygen atoms in total. The second-order valence-electron chi connectivity index (χ2n) is 5.29. The summed E-state index contributed by atoms with van der Waals surface area (Å²) in [7, 11) is 0. The van der Waals surface area contributed by atoms with Crippen LogP contribution in [-0.4, -0.2) is 26.4 Å². The minimum atomic E-state index is -0.275. The van der Waals surface area contributed by atoms with E-state index in [0.717, 1.165) is 11.1 Å². The van der Waals surface area contributed by atoms with Gasteiger partial charge in [-0.2, -0.15) is 0 Å². The molecule has 0 atom stereocenters. The number of hydrogen-bond donors (Lipinski definition) is 1. The number of carbonyl (C=O) groups is 1. The zero-order valence-corrected chi connectivity index (χ0v) is 11.2. The van der Waals surface area contributed by atoms with Crippen LogP contribution < -0.4 is 5.32 Å². The number of carbonyl (C=O) groups excluding carboxylic acids is 1. The second kappa shape index (κ2) is 5.14.